The van der Waals surface area contributed by atoms with Crippen molar-refractivity contribution in [1.29, 1.82) is 0 Å². The maximum absolute atomic E-state index is 13.1. The molecule has 0 aromatic carbocycles. The summed E-state index contributed by atoms with van der Waals surface area (Å²) in [5.41, 5.74) is 0. The van der Waals surface area contributed by atoms with Crippen LogP contribution in [0.25, 0.3) is 0 Å². The Morgan fingerprint density at radius 3 is 1.20 bits per heavy atom. The second kappa shape index (κ2) is 55.5. The molecule has 11 atom stereocenters. The van der Waals surface area contributed by atoms with Gasteiger partial charge in [0.25, 0.3) is 0 Å². The van der Waals surface area contributed by atoms with Crippen LogP contribution in [0.3, 0.4) is 0 Å². The summed E-state index contributed by atoms with van der Waals surface area (Å²) in [5, 5.41) is 72.6. The molecule has 0 amide bonds. The van der Waals surface area contributed by atoms with Gasteiger partial charge in [-0.05, 0) is 70.6 Å². The SMILES string of the molecule is CC/C=C\C/C=C\C/C=C\C/C=C\C/C=C\C/C=C\C/C=C\CCCCCC(=O)OC(COCCCCCCCCCCCCCCCCCCCCCCCCCCC)COC1OC(COC2OC(CO)C(O)C(O)C2O)C(O)C(O)C1O. The molecule has 0 radical (unpaired) electrons. The topological polar surface area (TPSA) is 214 Å². The van der Waals surface area contributed by atoms with E-state index in [1.54, 1.807) is 0 Å². The molecule has 0 saturated carbocycles. The molecular formula is C70H122O14. The van der Waals surface area contributed by atoms with Gasteiger partial charge in [-0.1, -0.05) is 259 Å². The average Bonchev–Trinajstić information content (AvgIpc) is 3.67. The second-order valence-electron chi connectivity index (χ2n) is 23.3. The summed E-state index contributed by atoms with van der Waals surface area (Å²) in [6.07, 6.45) is 58.0. The Hall–Kier alpha value is -2.83. The third-order valence-corrected chi connectivity index (χ3v) is 15.7. The van der Waals surface area contributed by atoms with Crippen LogP contribution in [-0.4, -0.2) is 142 Å². The van der Waals surface area contributed by atoms with Crippen LogP contribution in [0.4, 0.5) is 0 Å². The predicted octanol–water partition coefficient (Wildman–Crippen LogP) is 13.9. The number of ether oxygens (including phenoxy) is 6. The van der Waals surface area contributed by atoms with Crippen molar-refractivity contribution in [2.24, 2.45) is 0 Å². The lowest BCUT2D eigenvalue weighted by molar-refractivity contribution is -0.332. The molecule has 0 spiro atoms. The minimum absolute atomic E-state index is 0.0460. The van der Waals surface area contributed by atoms with Gasteiger partial charge in [0.15, 0.2) is 12.6 Å². The number of allylic oxidation sites excluding steroid dienone is 14. The van der Waals surface area contributed by atoms with Gasteiger partial charge in [-0.2, -0.15) is 0 Å². The van der Waals surface area contributed by atoms with Crippen molar-refractivity contribution in [3.8, 4) is 0 Å². The molecular weight excluding hydrogens is 1060 g/mol. The van der Waals surface area contributed by atoms with E-state index in [4.69, 9.17) is 28.4 Å². The Kier molecular flexibility index (Phi) is 51.0. The molecule has 2 rings (SSSR count). The van der Waals surface area contributed by atoms with Crippen LogP contribution < -0.4 is 0 Å². The molecule has 2 aliphatic heterocycles. The van der Waals surface area contributed by atoms with E-state index in [1.807, 2.05) is 0 Å². The van der Waals surface area contributed by atoms with E-state index < -0.39 is 86.7 Å². The average molecular weight is 1190 g/mol. The highest BCUT2D eigenvalue weighted by Crippen LogP contribution is 2.27. The van der Waals surface area contributed by atoms with Gasteiger partial charge in [-0.15, -0.1) is 0 Å². The number of unbranched alkanes of at least 4 members (excludes halogenated alkanes) is 27. The molecule has 2 heterocycles. The van der Waals surface area contributed by atoms with Gasteiger partial charge in [0.1, 0.15) is 54.9 Å². The third-order valence-electron chi connectivity index (χ3n) is 15.7. The number of esters is 1. The van der Waals surface area contributed by atoms with E-state index in [0.29, 0.717) is 13.0 Å². The van der Waals surface area contributed by atoms with Crippen LogP contribution >= 0.6 is 0 Å². The van der Waals surface area contributed by atoms with Gasteiger partial charge in [0, 0.05) is 13.0 Å². The van der Waals surface area contributed by atoms with Gasteiger partial charge in [0.05, 0.1) is 26.4 Å². The van der Waals surface area contributed by atoms with Crippen LogP contribution in [-0.2, 0) is 33.2 Å². The van der Waals surface area contributed by atoms with E-state index in [0.717, 1.165) is 83.5 Å². The van der Waals surface area contributed by atoms with E-state index in [9.17, 15) is 40.5 Å². The van der Waals surface area contributed by atoms with Crippen molar-refractivity contribution >= 4 is 5.97 Å². The Morgan fingerprint density at radius 1 is 0.405 bits per heavy atom. The third kappa shape index (κ3) is 40.6. The molecule has 2 saturated heterocycles. The minimum atomic E-state index is -1.72. The van der Waals surface area contributed by atoms with Gasteiger partial charge < -0.3 is 64.2 Å². The Morgan fingerprint density at radius 2 is 0.774 bits per heavy atom. The van der Waals surface area contributed by atoms with Crippen molar-refractivity contribution in [2.75, 3.05) is 33.0 Å². The molecule has 7 N–H and O–H groups in total. The zero-order chi connectivity index (χ0) is 60.8. The lowest BCUT2D eigenvalue weighted by atomic mass is 9.98. The largest absolute Gasteiger partial charge is 0.457 e. The fourth-order valence-electron chi connectivity index (χ4n) is 10.3. The first kappa shape index (κ1) is 77.3. The summed E-state index contributed by atoms with van der Waals surface area (Å²) in [6.45, 7) is 3.57. The van der Waals surface area contributed by atoms with Crippen molar-refractivity contribution < 1.29 is 69.0 Å². The van der Waals surface area contributed by atoms with Gasteiger partial charge in [0.2, 0.25) is 0 Å². The molecule has 11 unspecified atom stereocenters. The van der Waals surface area contributed by atoms with E-state index >= 15 is 0 Å². The van der Waals surface area contributed by atoms with E-state index in [2.05, 4.69) is 98.9 Å². The number of carbonyl (C=O) groups is 1. The molecule has 0 aliphatic carbocycles. The number of aliphatic hydroxyl groups excluding tert-OH is 7. The van der Waals surface area contributed by atoms with Crippen molar-refractivity contribution in [2.45, 2.75) is 319 Å². The molecule has 0 aromatic rings. The van der Waals surface area contributed by atoms with Crippen LogP contribution in [0.15, 0.2) is 85.1 Å². The summed E-state index contributed by atoms with van der Waals surface area (Å²) in [5.74, 6) is -0.406. The normalized spacial score (nSPS) is 23.8. The molecule has 14 nitrogen and oxygen atoms in total. The fourth-order valence-corrected chi connectivity index (χ4v) is 10.3. The monoisotopic (exact) mass is 1190 g/mol. The molecule has 486 valence electrons. The summed E-state index contributed by atoms with van der Waals surface area (Å²) < 4.78 is 34.5. The molecule has 0 aromatic heterocycles. The maximum atomic E-state index is 13.1. The standard InChI is InChI=1S/C70H122O14/c1-3-5-7-9-11-13-15-17-19-21-23-25-27-29-31-33-35-37-39-41-43-45-47-49-51-53-62(72)82-59(57-80-69-68(78)66(76)64(74)61(84-69)58-81-70-67(77)65(75)63(73)60(55-71)83-70)56-79-54-52-50-48-46-44-42-40-38-36-34-32-30-28-26-24-22-20-18-16-14-12-10-8-6-4-2/h5,7,11,13,17,19,23,25,29,31,35,37,41,43,59-61,63-71,73-78H,3-4,6,8-10,12,14-16,18,20-22,24,26-28,30,32-34,36,38-40,42,44-58H2,1-2H3/b7-5-,13-11-,19-17-,25-23-,31-29-,37-35-,43-41-. The van der Waals surface area contributed by atoms with Gasteiger partial charge in [-0.3, -0.25) is 4.79 Å². The lowest BCUT2D eigenvalue weighted by Crippen LogP contribution is -2.61. The first-order chi connectivity index (χ1) is 41.1. The highest BCUT2D eigenvalue weighted by atomic mass is 16.7. The molecule has 2 fully saturated rings. The highest BCUT2D eigenvalue weighted by molar-refractivity contribution is 5.69. The van der Waals surface area contributed by atoms with E-state index in [1.165, 1.54) is 141 Å². The second-order valence-corrected chi connectivity index (χ2v) is 23.3. The van der Waals surface area contributed by atoms with Crippen molar-refractivity contribution in [1.82, 2.24) is 0 Å². The summed E-state index contributed by atoms with van der Waals surface area (Å²) >= 11 is 0. The number of rotatable bonds is 55. The zero-order valence-corrected chi connectivity index (χ0v) is 52.6. The van der Waals surface area contributed by atoms with E-state index in [-0.39, 0.29) is 19.6 Å². The van der Waals surface area contributed by atoms with Crippen molar-refractivity contribution in [3.05, 3.63) is 85.1 Å². The number of aliphatic hydroxyl groups is 7. The summed E-state index contributed by atoms with van der Waals surface area (Å²) in [6, 6.07) is 0. The number of carbonyl (C=O) groups excluding carboxylic acids is 1. The first-order valence-corrected chi connectivity index (χ1v) is 33.7. The Labute approximate surface area is 509 Å². The molecule has 84 heavy (non-hydrogen) atoms. The van der Waals surface area contributed by atoms with Gasteiger partial charge >= 0.3 is 5.97 Å². The Bertz CT molecular complexity index is 1710. The molecule has 14 heteroatoms. The number of hydrogen-bond donors (Lipinski definition) is 7. The van der Waals surface area contributed by atoms with Gasteiger partial charge in [-0.25, -0.2) is 0 Å². The van der Waals surface area contributed by atoms with Crippen LogP contribution in [0.5, 0.6) is 0 Å². The molecule has 0 bridgehead atoms. The summed E-state index contributed by atoms with van der Waals surface area (Å²) in [4.78, 5) is 13.1. The smallest absolute Gasteiger partial charge is 0.306 e. The van der Waals surface area contributed by atoms with Crippen LogP contribution in [0.1, 0.15) is 251 Å². The first-order valence-electron chi connectivity index (χ1n) is 33.7. The van der Waals surface area contributed by atoms with Crippen LogP contribution in [0.2, 0.25) is 0 Å². The fraction of sp³-hybridized carbons (Fsp3) is 0.786. The lowest BCUT2D eigenvalue weighted by Gasteiger charge is -2.42. The zero-order valence-electron chi connectivity index (χ0n) is 52.6. The van der Waals surface area contributed by atoms with Crippen LogP contribution in [0, 0.1) is 0 Å². The maximum Gasteiger partial charge on any atom is 0.306 e. The Balaban J connectivity index is 1.68. The number of hydrogen-bond acceptors (Lipinski definition) is 14. The van der Waals surface area contributed by atoms with Crippen molar-refractivity contribution in [3.63, 3.8) is 0 Å². The quantitative estimate of drug-likeness (QED) is 0.0171. The summed E-state index contributed by atoms with van der Waals surface area (Å²) in [7, 11) is 0. The predicted molar refractivity (Wildman–Crippen MR) is 339 cm³/mol. The molecule has 2 aliphatic rings. The highest BCUT2D eigenvalue weighted by Gasteiger charge is 2.47. The minimum Gasteiger partial charge on any atom is -0.457 e.